The van der Waals surface area contributed by atoms with Crippen LogP contribution in [-0.4, -0.2) is 51.7 Å². The molecule has 0 radical (unpaired) electrons. The molecular formula is C19H27NO4. The van der Waals surface area contributed by atoms with Crippen LogP contribution in [0, 0.1) is 0 Å². The quantitative estimate of drug-likeness (QED) is 0.567. The Balaban J connectivity index is 0.000000470. The Hall–Kier alpha value is -2.40. The molecule has 1 aromatic rings. The van der Waals surface area contributed by atoms with E-state index < -0.39 is 0 Å². The number of nitrogens with zero attached hydrogens (tertiary/aromatic N) is 1. The van der Waals surface area contributed by atoms with Gasteiger partial charge in [-0.15, -0.1) is 0 Å². The Labute approximate surface area is 144 Å². The predicted octanol–water partition coefficient (Wildman–Crippen LogP) is 2.63. The average molecular weight is 333 g/mol. The van der Waals surface area contributed by atoms with Gasteiger partial charge in [0.05, 0.1) is 14.2 Å². The molecule has 0 saturated carbocycles. The lowest BCUT2D eigenvalue weighted by atomic mass is 10.1. The van der Waals surface area contributed by atoms with Gasteiger partial charge in [-0.25, -0.2) is 9.59 Å². The molecule has 0 aliphatic rings. The maximum absolute atomic E-state index is 11.0. The Bertz CT molecular complexity index is 550. The third kappa shape index (κ3) is 9.58. The van der Waals surface area contributed by atoms with E-state index in [0.29, 0.717) is 24.1 Å². The highest BCUT2D eigenvalue weighted by atomic mass is 16.5. The van der Waals surface area contributed by atoms with Gasteiger partial charge < -0.3 is 14.4 Å². The molecule has 5 heteroatoms. The second-order valence-electron chi connectivity index (χ2n) is 5.41. The second-order valence-corrected chi connectivity index (χ2v) is 5.41. The number of esters is 2. The number of carbonyl (C=O) groups is 2. The van der Waals surface area contributed by atoms with Crippen LogP contribution < -0.4 is 0 Å². The molecule has 0 saturated heterocycles. The summed E-state index contributed by atoms with van der Waals surface area (Å²) in [5.41, 5.74) is 2.21. The van der Waals surface area contributed by atoms with E-state index in [-0.39, 0.29) is 11.9 Å². The predicted molar refractivity (Wildman–Crippen MR) is 95.6 cm³/mol. The highest BCUT2D eigenvalue weighted by Crippen LogP contribution is 2.08. The third-order valence-corrected chi connectivity index (χ3v) is 3.01. The normalized spacial score (nSPS) is 9.54. The van der Waals surface area contributed by atoms with Crippen molar-refractivity contribution in [2.45, 2.75) is 12.8 Å². The van der Waals surface area contributed by atoms with Gasteiger partial charge in [-0.2, -0.15) is 0 Å². The summed E-state index contributed by atoms with van der Waals surface area (Å²) in [6.07, 6.45) is 1.48. The summed E-state index contributed by atoms with van der Waals surface area (Å²) >= 11 is 0. The number of likely N-dealkylation sites (N-methyl/N-ethyl adjacent to an activating group) is 1. The summed E-state index contributed by atoms with van der Waals surface area (Å²) < 4.78 is 9.01. The Morgan fingerprint density at radius 1 is 0.958 bits per heavy atom. The number of aryl methyl sites for hydroxylation is 1. The Kier molecular flexibility index (Phi) is 10.9. The van der Waals surface area contributed by atoms with Crippen LogP contribution in [0.15, 0.2) is 54.6 Å². The molecule has 0 heterocycles. The smallest absolute Gasteiger partial charge is 0.334 e. The first-order valence-corrected chi connectivity index (χ1v) is 7.52. The van der Waals surface area contributed by atoms with Crippen molar-refractivity contribution in [3.8, 4) is 0 Å². The first kappa shape index (κ1) is 21.6. The summed E-state index contributed by atoms with van der Waals surface area (Å²) in [7, 11) is 6.46. The minimum atomic E-state index is -0.339. The summed E-state index contributed by atoms with van der Waals surface area (Å²) in [6.45, 7) is 7.76. The Morgan fingerprint density at radius 3 is 1.92 bits per heavy atom. The molecule has 0 aromatic heterocycles. The van der Waals surface area contributed by atoms with Crippen LogP contribution in [-0.2, 0) is 25.5 Å². The zero-order valence-electron chi connectivity index (χ0n) is 15.0. The van der Waals surface area contributed by atoms with E-state index in [1.807, 2.05) is 49.3 Å². The molecule has 132 valence electrons. The number of ether oxygens (including phenoxy) is 2. The van der Waals surface area contributed by atoms with Crippen LogP contribution in [0.3, 0.4) is 0 Å². The number of methoxy groups -OCH3 is 2. The summed E-state index contributed by atoms with van der Waals surface area (Å²) in [6, 6.07) is 10.0. The standard InChI is InChI=1S/C12H14O2.C7H13NO2/c1-10(12(13)14-2)8-9-11-6-4-3-5-7-11;1-6(5-8(2)3)7(9)10-4/h3-7H,1,8-9H2,2H3;1,5H2,2-4H3. The lowest BCUT2D eigenvalue weighted by Gasteiger charge is -2.09. The molecule has 5 nitrogen and oxygen atoms in total. The lowest BCUT2D eigenvalue weighted by molar-refractivity contribution is -0.137. The maximum Gasteiger partial charge on any atom is 0.334 e. The highest BCUT2D eigenvalue weighted by molar-refractivity contribution is 5.88. The van der Waals surface area contributed by atoms with Crippen molar-refractivity contribution in [2.75, 3.05) is 34.9 Å². The first-order chi connectivity index (χ1) is 11.3. The van der Waals surface area contributed by atoms with Gasteiger partial charge in [-0.1, -0.05) is 43.5 Å². The average Bonchev–Trinajstić information content (AvgIpc) is 2.58. The van der Waals surface area contributed by atoms with E-state index in [9.17, 15) is 9.59 Å². The molecule has 0 unspecified atom stereocenters. The summed E-state index contributed by atoms with van der Waals surface area (Å²) in [5, 5.41) is 0. The van der Waals surface area contributed by atoms with Gasteiger partial charge in [0.15, 0.2) is 0 Å². The van der Waals surface area contributed by atoms with Crippen LogP contribution in [0.4, 0.5) is 0 Å². The third-order valence-electron chi connectivity index (χ3n) is 3.01. The van der Waals surface area contributed by atoms with Gasteiger partial charge in [0.2, 0.25) is 0 Å². The van der Waals surface area contributed by atoms with Crippen LogP contribution in [0.2, 0.25) is 0 Å². The fourth-order valence-electron chi connectivity index (χ4n) is 1.78. The second kappa shape index (κ2) is 12.1. The van der Waals surface area contributed by atoms with Crippen LogP contribution >= 0.6 is 0 Å². The largest absolute Gasteiger partial charge is 0.466 e. The molecule has 0 spiro atoms. The minimum absolute atomic E-state index is 0.319. The van der Waals surface area contributed by atoms with E-state index in [1.54, 1.807) is 0 Å². The molecule has 0 aliphatic carbocycles. The molecule has 0 aliphatic heterocycles. The molecule has 1 rings (SSSR count). The molecule has 0 amide bonds. The number of hydrogen-bond acceptors (Lipinski definition) is 5. The number of hydrogen-bond donors (Lipinski definition) is 0. The van der Waals surface area contributed by atoms with Gasteiger partial charge in [0.1, 0.15) is 0 Å². The molecular weight excluding hydrogens is 306 g/mol. The molecule has 0 fully saturated rings. The van der Waals surface area contributed by atoms with Crippen molar-refractivity contribution in [1.29, 1.82) is 0 Å². The van der Waals surface area contributed by atoms with Gasteiger partial charge in [-0.05, 0) is 32.5 Å². The molecule has 1 aromatic carbocycles. The van der Waals surface area contributed by atoms with Gasteiger partial charge in [-0.3, -0.25) is 0 Å². The number of rotatable bonds is 7. The van der Waals surface area contributed by atoms with Crippen molar-refractivity contribution in [3.05, 3.63) is 60.2 Å². The maximum atomic E-state index is 11.0. The van der Waals surface area contributed by atoms with Gasteiger partial charge >= 0.3 is 11.9 Å². The van der Waals surface area contributed by atoms with Crippen LogP contribution in [0.1, 0.15) is 12.0 Å². The summed E-state index contributed by atoms with van der Waals surface area (Å²) in [4.78, 5) is 23.6. The Morgan fingerprint density at radius 2 is 1.46 bits per heavy atom. The van der Waals surface area contributed by atoms with Gasteiger partial charge in [0, 0.05) is 17.7 Å². The zero-order chi connectivity index (χ0) is 18.5. The molecule has 0 N–H and O–H groups in total. The van der Waals surface area contributed by atoms with Crippen molar-refractivity contribution >= 4 is 11.9 Å². The van der Waals surface area contributed by atoms with Gasteiger partial charge in [0.25, 0.3) is 0 Å². The van der Waals surface area contributed by atoms with Crippen molar-refractivity contribution < 1.29 is 19.1 Å². The van der Waals surface area contributed by atoms with Crippen LogP contribution in [0.5, 0.6) is 0 Å². The van der Waals surface area contributed by atoms with E-state index >= 15 is 0 Å². The SMILES string of the molecule is C=C(CCc1ccccc1)C(=O)OC.C=C(CN(C)C)C(=O)OC. The summed E-state index contributed by atoms with van der Waals surface area (Å²) in [5.74, 6) is -0.658. The zero-order valence-corrected chi connectivity index (χ0v) is 15.0. The van der Waals surface area contributed by atoms with E-state index in [4.69, 9.17) is 0 Å². The lowest BCUT2D eigenvalue weighted by Crippen LogP contribution is -2.19. The molecule has 24 heavy (non-hydrogen) atoms. The van der Waals surface area contributed by atoms with E-state index in [0.717, 1.165) is 6.42 Å². The fraction of sp³-hybridized carbons (Fsp3) is 0.368. The monoisotopic (exact) mass is 333 g/mol. The number of carbonyl (C=O) groups excluding carboxylic acids is 2. The van der Waals surface area contributed by atoms with E-state index in [1.165, 1.54) is 19.8 Å². The van der Waals surface area contributed by atoms with Crippen molar-refractivity contribution in [2.24, 2.45) is 0 Å². The van der Waals surface area contributed by atoms with E-state index in [2.05, 4.69) is 22.6 Å². The first-order valence-electron chi connectivity index (χ1n) is 7.52. The van der Waals surface area contributed by atoms with Crippen LogP contribution in [0.25, 0.3) is 0 Å². The topological polar surface area (TPSA) is 55.8 Å². The highest BCUT2D eigenvalue weighted by Gasteiger charge is 2.06. The molecule has 0 bridgehead atoms. The fourth-order valence-corrected chi connectivity index (χ4v) is 1.78. The van der Waals surface area contributed by atoms with Crippen molar-refractivity contribution in [3.63, 3.8) is 0 Å². The molecule has 0 atom stereocenters. The number of benzene rings is 1. The minimum Gasteiger partial charge on any atom is -0.466 e. The van der Waals surface area contributed by atoms with Crippen molar-refractivity contribution in [1.82, 2.24) is 4.90 Å².